The van der Waals surface area contributed by atoms with E-state index in [1.807, 2.05) is 30.3 Å². The molecule has 0 N–H and O–H groups in total. The Labute approximate surface area is 153 Å². The second kappa shape index (κ2) is 7.23. The van der Waals surface area contributed by atoms with Gasteiger partial charge < -0.3 is 4.74 Å². The molecule has 1 aromatic carbocycles. The van der Waals surface area contributed by atoms with Gasteiger partial charge in [-0.05, 0) is 39.7 Å². The summed E-state index contributed by atoms with van der Waals surface area (Å²) >= 11 is 3.38. The molecule has 6 nitrogen and oxygen atoms in total. The SMILES string of the molecule is CCC(=O)Cn1c(=O)n(Cc2ccc(OC)cc2)c2ncc(Br)cc21. The zero-order valence-corrected chi connectivity index (χ0v) is 15.6. The summed E-state index contributed by atoms with van der Waals surface area (Å²) < 4.78 is 9.00. The number of fused-ring (bicyclic) bond motifs is 1. The van der Waals surface area contributed by atoms with Gasteiger partial charge in [-0.3, -0.25) is 13.9 Å². The molecule has 2 heterocycles. The van der Waals surface area contributed by atoms with Gasteiger partial charge in [-0.25, -0.2) is 9.78 Å². The lowest BCUT2D eigenvalue weighted by molar-refractivity contribution is -0.119. The summed E-state index contributed by atoms with van der Waals surface area (Å²) in [4.78, 5) is 29.1. The standard InChI is InChI=1S/C18H18BrN3O3/c1-3-14(23)11-21-16-8-13(19)9-20-17(16)22(18(21)24)10-12-4-6-15(25-2)7-5-12/h4-9H,3,10-11H2,1-2H3. The first-order chi connectivity index (χ1) is 12.0. The maximum Gasteiger partial charge on any atom is 0.331 e. The van der Waals surface area contributed by atoms with E-state index < -0.39 is 0 Å². The number of Topliss-reactive ketones (excluding diaryl/α,β-unsaturated/α-hetero) is 1. The molecule has 0 aliphatic heterocycles. The number of hydrogen-bond donors (Lipinski definition) is 0. The number of halogens is 1. The maximum atomic E-state index is 12.9. The lowest BCUT2D eigenvalue weighted by Crippen LogP contribution is -2.27. The number of nitrogens with zero attached hydrogens (tertiary/aromatic N) is 3. The minimum Gasteiger partial charge on any atom is -0.497 e. The van der Waals surface area contributed by atoms with Crippen molar-refractivity contribution in [2.24, 2.45) is 0 Å². The number of pyridine rings is 1. The molecule has 0 saturated carbocycles. The van der Waals surface area contributed by atoms with Crippen molar-refractivity contribution in [1.82, 2.24) is 14.1 Å². The number of hydrogen-bond acceptors (Lipinski definition) is 4. The summed E-state index contributed by atoms with van der Waals surface area (Å²) in [6, 6.07) is 9.33. The second-order valence-corrected chi connectivity index (χ2v) is 6.61. The Kier molecular flexibility index (Phi) is 5.03. The molecule has 3 rings (SSSR count). The van der Waals surface area contributed by atoms with Gasteiger partial charge in [0.15, 0.2) is 11.4 Å². The van der Waals surface area contributed by atoms with E-state index in [0.29, 0.717) is 24.1 Å². The van der Waals surface area contributed by atoms with E-state index in [1.165, 1.54) is 4.57 Å². The van der Waals surface area contributed by atoms with Gasteiger partial charge in [0.25, 0.3) is 0 Å². The number of ketones is 1. The highest BCUT2D eigenvalue weighted by Crippen LogP contribution is 2.19. The summed E-state index contributed by atoms with van der Waals surface area (Å²) in [7, 11) is 1.61. The van der Waals surface area contributed by atoms with Crippen LogP contribution in [0.1, 0.15) is 18.9 Å². The summed E-state index contributed by atoms with van der Waals surface area (Å²) in [6.45, 7) is 2.22. The van der Waals surface area contributed by atoms with Crippen molar-refractivity contribution in [2.75, 3.05) is 7.11 Å². The Bertz CT molecular complexity index is 974. The van der Waals surface area contributed by atoms with Crippen LogP contribution in [0.3, 0.4) is 0 Å². The fourth-order valence-electron chi connectivity index (χ4n) is 2.66. The van der Waals surface area contributed by atoms with Crippen LogP contribution in [0.5, 0.6) is 5.75 Å². The average molecular weight is 404 g/mol. The first-order valence-corrected chi connectivity index (χ1v) is 8.72. The summed E-state index contributed by atoms with van der Waals surface area (Å²) in [5.41, 5.74) is 1.93. The third kappa shape index (κ3) is 3.51. The predicted molar refractivity (Wildman–Crippen MR) is 99.1 cm³/mol. The van der Waals surface area contributed by atoms with Crippen molar-refractivity contribution >= 4 is 32.9 Å². The number of benzene rings is 1. The number of aromatic nitrogens is 3. The molecule has 0 amide bonds. The maximum absolute atomic E-state index is 12.9. The van der Waals surface area contributed by atoms with E-state index in [1.54, 1.807) is 24.8 Å². The molecule has 0 radical (unpaired) electrons. The molecule has 0 saturated heterocycles. The van der Waals surface area contributed by atoms with E-state index >= 15 is 0 Å². The first-order valence-electron chi connectivity index (χ1n) is 7.92. The molecule has 0 atom stereocenters. The molecule has 0 bridgehead atoms. The highest BCUT2D eigenvalue weighted by molar-refractivity contribution is 9.10. The fourth-order valence-corrected chi connectivity index (χ4v) is 2.98. The monoisotopic (exact) mass is 403 g/mol. The van der Waals surface area contributed by atoms with E-state index in [0.717, 1.165) is 15.8 Å². The average Bonchev–Trinajstić information content (AvgIpc) is 2.87. The summed E-state index contributed by atoms with van der Waals surface area (Å²) in [5.74, 6) is 0.764. The zero-order chi connectivity index (χ0) is 18.0. The molecule has 0 aliphatic carbocycles. The predicted octanol–water partition coefficient (Wildman–Crippen LogP) is 3.00. The molecule has 0 aliphatic rings. The number of methoxy groups -OCH3 is 1. The van der Waals surface area contributed by atoms with Crippen LogP contribution in [0.25, 0.3) is 11.2 Å². The molecule has 130 valence electrons. The Morgan fingerprint density at radius 1 is 1.24 bits per heavy atom. The smallest absolute Gasteiger partial charge is 0.331 e. The lowest BCUT2D eigenvalue weighted by atomic mass is 10.2. The van der Waals surface area contributed by atoms with Gasteiger partial charge in [-0.1, -0.05) is 19.1 Å². The molecular formula is C18H18BrN3O3. The van der Waals surface area contributed by atoms with Gasteiger partial charge in [0, 0.05) is 17.1 Å². The molecule has 25 heavy (non-hydrogen) atoms. The summed E-state index contributed by atoms with van der Waals surface area (Å²) in [5, 5.41) is 0. The minimum atomic E-state index is -0.238. The topological polar surface area (TPSA) is 66.1 Å². The number of ether oxygens (including phenoxy) is 1. The van der Waals surface area contributed by atoms with E-state index in [4.69, 9.17) is 4.74 Å². The summed E-state index contributed by atoms with van der Waals surface area (Å²) in [6.07, 6.45) is 2.04. The van der Waals surface area contributed by atoms with Gasteiger partial charge in [-0.2, -0.15) is 0 Å². The van der Waals surface area contributed by atoms with E-state index in [-0.39, 0.29) is 18.0 Å². The molecule has 0 unspecified atom stereocenters. The van der Waals surface area contributed by atoms with Gasteiger partial charge in [0.2, 0.25) is 0 Å². The highest BCUT2D eigenvalue weighted by Gasteiger charge is 2.16. The minimum absolute atomic E-state index is 0.00516. The lowest BCUT2D eigenvalue weighted by Gasteiger charge is -2.05. The zero-order valence-electron chi connectivity index (χ0n) is 14.0. The molecular weight excluding hydrogens is 386 g/mol. The third-order valence-corrected chi connectivity index (χ3v) is 4.48. The van der Waals surface area contributed by atoms with Crippen molar-refractivity contribution in [1.29, 1.82) is 0 Å². The van der Waals surface area contributed by atoms with E-state index in [9.17, 15) is 9.59 Å². The van der Waals surface area contributed by atoms with Crippen LogP contribution in [0.15, 0.2) is 45.8 Å². The van der Waals surface area contributed by atoms with Gasteiger partial charge in [0.05, 0.1) is 25.7 Å². The number of rotatable bonds is 6. The Balaban J connectivity index is 2.09. The Hall–Kier alpha value is -2.41. The van der Waals surface area contributed by atoms with Crippen molar-refractivity contribution < 1.29 is 9.53 Å². The normalized spacial score (nSPS) is 11.0. The van der Waals surface area contributed by atoms with Crippen LogP contribution < -0.4 is 10.4 Å². The second-order valence-electron chi connectivity index (χ2n) is 5.69. The Morgan fingerprint density at radius 3 is 2.60 bits per heavy atom. The van der Waals surface area contributed by atoms with Crippen LogP contribution in [-0.2, 0) is 17.9 Å². The number of carbonyl (C=O) groups is 1. The molecule has 3 aromatic rings. The fraction of sp³-hybridized carbons (Fsp3) is 0.278. The van der Waals surface area contributed by atoms with Crippen LogP contribution in [0.4, 0.5) is 0 Å². The molecule has 0 spiro atoms. The van der Waals surface area contributed by atoms with E-state index in [2.05, 4.69) is 20.9 Å². The largest absolute Gasteiger partial charge is 0.497 e. The number of imidazole rings is 1. The van der Waals surface area contributed by atoms with Crippen molar-refractivity contribution in [2.45, 2.75) is 26.4 Å². The third-order valence-electron chi connectivity index (χ3n) is 4.05. The molecule has 7 heteroatoms. The van der Waals surface area contributed by atoms with Crippen molar-refractivity contribution in [3.63, 3.8) is 0 Å². The van der Waals surface area contributed by atoms with Crippen LogP contribution >= 0.6 is 15.9 Å². The van der Waals surface area contributed by atoms with Crippen LogP contribution in [-0.4, -0.2) is 27.0 Å². The quantitative estimate of drug-likeness (QED) is 0.634. The van der Waals surface area contributed by atoms with Gasteiger partial charge >= 0.3 is 5.69 Å². The van der Waals surface area contributed by atoms with Crippen molar-refractivity contribution in [3.05, 3.63) is 57.0 Å². The van der Waals surface area contributed by atoms with Gasteiger partial charge in [0.1, 0.15) is 5.75 Å². The van der Waals surface area contributed by atoms with Crippen LogP contribution in [0.2, 0.25) is 0 Å². The van der Waals surface area contributed by atoms with Gasteiger partial charge in [-0.15, -0.1) is 0 Å². The molecule has 0 fully saturated rings. The Morgan fingerprint density at radius 2 is 1.96 bits per heavy atom. The van der Waals surface area contributed by atoms with Crippen molar-refractivity contribution in [3.8, 4) is 5.75 Å². The van der Waals surface area contributed by atoms with Crippen LogP contribution in [0, 0.1) is 0 Å². The highest BCUT2D eigenvalue weighted by atomic mass is 79.9. The number of carbonyl (C=O) groups excluding carboxylic acids is 1. The molecule has 2 aromatic heterocycles. The first kappa shape index (κ1) is 17.4.